The summed E-state index contributed by atoms with van der Waals surface area (Å²) >= 11 is 1.88. The molecule has 1 unspecified atom stereocenters. The molecule has 1 aliphatic carbocycles. The maximum absolute atomic E-state index is 10.1. The Morgan fingerprint density at radius 1 is 1.15 bits per heavy atom. The Hall–Kier alpha value is -1.19. The summed E-state index contributed by atoms with van der Waals surface area (Å²) in [5.74, 6) is 1.06. The third-order valence-electron chi connectivity index (χ3n) is 3.89. The van der Waals surface area contributed by atoms with Crippen LogP contribution in [0.4, 0.5) is 0 Å². The van der Waals surface area contributed by atoms with E-state index >= 15 is 0 Å². The fourth-order valence-corrected chi connectivity index (χ4v) is 3.69. The molecule has 0 saturated carbocycles. The minimum atomic E-state index is -0.254. The van der Waals surface area contributed by atoms with Crippen LogP contribution in [0.2, 0.25) is 0 Å². The summed E-state index contributed by atoms with van der Waals surface area (Å²) < 4.78 is 2.25. The molecule has 3 rings (SSSR count). The second-order valence-electron chi connectivity index (χ2n) is 5.40. The number of aliphatic hydroxyl groups excluding tert-OH is 1. The van der Waals surface area contributed by atoms with Crippen molar-refractivity contribution in [2.45, 2.75) is 43.2 Å². The van der Waals surface area contributed by atoms with Crippen LogP contribution in [0.1, 0.15) is 36.5 Å². The van der Waals surface area contributed by atoms with E-state index in [4.69, 9.17) is 0 Å². The number of nitrogens with zero attached hydrogens (tertiary/aromatic N) is 1. The zero-order valence-electron chi connectivity index (χ0n) is 11.7. The zero-order chi connectivity index (χ0) is 13.8. The first-order chi connectivity index (χ1) is 9.83. The normalized spacial score (nSPS) is 18.6. The lowest BCUT2D eigenvalue weighted by atomic mass is 10.1. The Balaban J connectivity index is 1.60. The molecule has 1 aromatic carbocycles. The molecule has 20 heavy (non-hydrogen) atoms. The maximum Gasteiger partial charge on any atom is 0.0807 e. The van der Waals surface area contributed by atoms with E-state index in [0.717, 1.165) is 37.1 Å². The Morgan fingerprint density at radius 3 is 2.85 bits per heavy atom. The smallest absolute Gasteiger partial charge is 0.0807 e. The van der Waals surface area contributed by atoms with Crippen LogP contribution in [0.5, 0.6) is 0 Å². The van der Waals surface area contributed by atoms with E-state index in [2.05, 4.69) is 47.3 Å². The number of hydrogen-bond acceptors (Lipinski definition) is 2. The lowest BCUT2D eigenvalue weighted by molar-refractivity contribution is 0.166. The molecule has 0 bridgehead atoms. The van der Waals surface area contributed by atoms with Crippen LogP contribution in [-0.2, 0) is 13.0 Å². The summed E-state index contributed by atoms with van der Waals surface area (Å²) in [6, 6.07) is 10.5. The number of benzene rings is 1. The molecule has 0 aliphatic heterocycles. The molecule has 1 N–H and O–H groups in total. The van der Waals surface area contributed by atoms with E-state index in [1.54, 1.807) is 0 Å². The van der Waals surface area contributed by atoms with Gasteiger partial charge in [-0.2, -0.15) is 0 Å². The minimum absolute atomic E-state index is 0.254. The summed E-state index contributed by atoms with van der Waals surface area (Å²) in [7, 11) is 0. The standard InChI is InChI=1S/C17H21NOS/c19-17-9-5-4-6-14-12-18(13-16(14)17)10-11-20-15-7-2-1-3-8-15/h1-3,7-8,12-13,17,19H,4-6,9-11H2. The number of aromatic nitrogens is 1. The number of rotatable bonds is 4. The van der Waals surface area contributed by atoms with E-state index in [9.17, 15) is 5.11 Å². The Morgan fingerprint density at radius 2 is 2.00 bits per heavy atom. The molecular formula is C17H21NOS. The fourth-order valence-electron chi connectivity index (χ4n) is 2.81. The molecule has 3 heteroatoms. The van der Waals surface area contributed by atoms with E-state index in [-0.39, 0.29) is 6.10 Å². The second-order valence-corrected chi connectivity index (χ2v) is 6.57. The molecule has 0 fully saturated rings. The van der Waals surface area contributed by atoms with Gasteiger partial charge in [0.05, 0.1) is 6.10 Å². The highest BCUT2D eigenvalue weighted by Crippen LogP contribution is 2.29. The minimum Gasteiger partial charge on any atom is -0.388 e. The van der Waals surface area contributed by atoms with Gasteiger partial charge in [-0.15, -0.1) is 11.8 Å². The van der Waals surface area contributed by atoms with Gasteiger partial charge in [-0.25, -0.2) is 0 Å². The number of aryl methyl sites for hydroxylation is 2. The fraction of sp³-hybridized carbons (Fsp3) is 0.412. The van der Waals surface area contributed by atoms with Gasteiger partial charge in [0.2, 0.25) is 0 Å². The molecule has 1 atom stereocenters. The molecule has 2 aromatic rings. The molecule has 2 nitrogen and oxygen atoms in total. The van der Waals surface area contributed by atoms with Crippen molar-refractivity contribution in [3.63, 3.8) is 0 Å². The molecule has 0 amide bonds. The lowest BCUT2D eigenvalue weighted by Gasteiger charge is -2.06. The van der Waals surface area contributed by atoms with Crippen molar-refractivity contribution in [1.82, 2.24) is 4.57 Å². The van der Waals surface area contributed by atoms with Crippen molar-refractivity contribution in [3.8, 4) is 0 Å². The van der Waals surface area contributed by atoms with Gasteiger partial charge in [0.15, 0.2) is 0 Å². The third kappa shape index (κ3) is 3.28. The van der Waals surface area contributed by atoms with Crippen molar-refractivity contribution >= 4 is 11.8 Å². The third-order valence-corrected chi connectivity index (χ3v) is 4.88. The van der Waals surface area contributed by atoms with Crippen LogP contribution in [-0.4, -0.2) is 15.4 Å². The highest BCUT2D eigenvalue weighted by molar-refractivity contribution is 7.99. The van der Waals surface area contributed by atoms with E-state index in [1.807, 2.05) is 11.8 Å². The van der Waals surface area contributed by atoms with Crippen molar-refractivity contribution in [3.05, 3.63) is 53.9 Å². The molecule has 0 radical (unpaired) electrons. The van der Waals surface area contributed by atoms with Gasteiger partial charge in [-0.3, -0.25) is 0 Å². The van der Waals surface area contributed by atoms with Crippen molar-refractivity contribution in [1.29, 1.82) is 0 Å². The summed E-state index contributed by atoms with van der Waals surface area (Å²) in [6.07, 6.45) is 8.50. The topological polar surface area (TPSA) is 25.2 Å². The maximum atomic E-state index is 10.1. The summed E-state index contributed by atoms with van der Waals surface area (Å²) in [5.41, 5.74) is 2.51. The quantitative estimate of drug-likeness (QED) is 0.678. The van der Waals surface area contributed by atoms with Gasteiger partial charge in [0.1, 0.15) is 0 Å². The van der Waals surface area contributed by atoms with E-state index in [0.29, 0.717) is 0 Å². The van der Waals surface area contributed by atoms with E-state index < -0.39 is 0 Å². The first-order valence-corrected chi connectivity index (χ1v) is 8.36. The van der Waals surface area contributed by atoms with Crippen LogP contribution in [0.25, 0.3) is 0 Å². The molecular weight excluding hydrogens is 266 g/mol. The van der Waals surface area contributed by atoms with Gasteiger partial charge >= 0.3 is 0 Å². The highest BCUT2D eigenvalue weighted by atomic mass is 32.2. The largest absolute Gasteiger partial charge is 0.388 e. The van der Waals surface area contributed by atoms with Crippen molar-refractivity contribution < 1.29 is 5.11 Å². The van der Waals surface area contributed by atoms with E-state index in [1.165, 1.54) is 16.9 Å². The van der Waals surface area contributed by atoms with Gasteiger partial charge in [-0.05, 0) is 37.0 Å². The van der Waals surface area contributed by atoms with Crippen LogP contribution < -0.4 is 0 Å². The van der Waals surface area contributed by atoms with Crippen LogP contribution in [0.3, 0.4) is 0 Å². The second kappa shape index (κ2) is 6.51. The number of hydrogen-bond donors (Lipinski definition) is 1. The summed E-state index contributed by atoms with van der Waals surface area (Å²) in [6.45, 7) is 0.999. The Labute approximate surface area is 124 Å². The molecule has 1 aromatic heterocycles. The average Bonchev–Trinajstić information content (AvgIpc) is 2.80. The molecule has 0 saturated heterocycles. The van der Waals surface area contributed by atoms with Crippen LogP contribution in [0.15, 0.2) is 47.6 Å². The number of thioether (sulfide) groups is 1. The van der Waals surface area contributed by atoms with Gasteiger partial charge in [0, 0.05) is 35.2 Å². The predicted octanol–water partition coefficient (Wildman–Crippen LogP) is 4.04. The first kappa shape index (κ1) is 13.8. The van der Waals surface area contributed by atoms with Crippen molar-refractivity contribution in [2.75, 3.05) is 5.75 Å². The van der Waals surface area contributed by atoms with Gasteiger partial charge in [-0.1, -0.05) is 24.6 Å². The Kier molecular flexibility index (Phi) is 4.48. The monoisotopic (exact) mass is 287 g/mol. The number of fused-ring (bicyclic) bond motifs is 1. The molecule has 1 heterocycles. The zero-order valence-corrected chi connectivity index (χ0v) is 12.5. The van der Waals surface area contributed by atoms with Crippen molar-refractivity contribution in [2.24, 2.45) is 0 Å². The molecule has 1 aliphatic rings. The SMILES string of the molecule is OC1CCCCc2cn(CCSc3ccccc3)cc21. The molecule has 106 valence electrons. The summed E-state index contributed by atoms with van der Waals surface area (Å²) in [4.78, 5) is 1.32. The first-order valence-electron chi connectivity index (χ1n) is 7.37. The van der Waals surface area contributed by atoms with Crippen LogP contribution in [0, 0.1) is 0 Å². The lowest BCUT2D eigenvalue weighted by Crippen LogP contribution is -1.98. The van der Waals surface area contributed by atoms with Crippen LogP contribution >= 0.6 is 11.8 Å². The number of aliphatic hydroxyl groups is 1. The van der Waals surface area contributed by atoms with Gasteiger partial charge in [0.25, 0.3) is 0 Å². The summed E-state index contributed by atoms with van der Waals surface area (Å²) in [5, 5.41) is 10.1. The Bertz CT molecular complexity index is 549. The molecule has 0 spiro atoms. The average molecular weight is 287 g/mol. The predicted molar refractivity (Wildman–Crippen MR) is 84.1 cm³/mol. The van der Waals surface area contributed by atoms with Gasteiger partial charge < -0.3 is 9.67 Å². The highest BCUT2D eigenvalue weighted by Gasteiger charge is 2.18.